The molecule has 5 nitrogen and oxygen atoms in total. The Morgan fingerprint density at radius 3 is 2.08 bits per heavy atom. The van der Waals surface area contributed by atoms with Crippen LogP contribution in [0.2, 0.25) is 0 Å². The summed E-state index contributed by atoms with van der Waals surface area (Å²) in [5.74, 6) is -0.143. The summed E-state index contributed by atoms with van der Waals surface area (Å²) in [6.07, 6.45) is 0.427. The van der Waals surface area contributed by atoms with E-state index < -0.39 is 0 Å². The van der Waals surface area contributed by atoms with Gasteiger partial charge in [0.05, 0.1) is 0 Å². The van der Waals surface area contributed by atoms with Crippen molar-refractivity contribution in [2.75, 3.05) is 24.2 Å². The number of rotatable bonds is 7. The average Bonchev–Trinajstić information content (AvgIpc) is 2.55. The Balaban J connectivity index is 1.75. The van der Waals surface area contributed by atoms with E-state index in [4.69, 9.17) is 0 Å². The van der Waals surface area contributed by atoms with Gasteiger partial charge in [0.1, 0.15) is 0 Å². The van der Waals surface area contributed by atoms with Crippen LogP contribution in [0.25, 0.3) is 0 Å². The van der Waals surface area contributed by atoms with Crippen LogP contribution in [0.5, 0.6) is 0 Å². The van der Waals surface area contributed by atoms with Gasteiger partial charge in [-0.05, 0) is 36.9 Å². The molecule has 0 heterocycles. The van der Waals surface area contributed by atoms with E-state index in [1.165, 1.54) is 12.5 Å². The van der Waals surface area contributed by atoms with Gasteiger partial charge in [-0.1, -0.05) is 30.3 Å². The summed E-state index contributed by atoms with van der Waals surface area (Å²) in [5, 5.41) is 5.55. The molecule has 2 aromatic rings. The van der Waals surface area contributed by atoms with Crippen molar-refractivity contribution in [1.29, 1.82) is 0 Å². The van der Waals surface area contributed by atoms with Crippen LogP contribution in [0.15, 0.2) is 54.6 Å². The fourth-order valence-electron chi connectivity index (χ4n) is 2.33. The van der Waals surface area contributed by atoms with E-state index in [0.717, 1.165) is 12.2 Å². The molecule has 2 amide bonds. The van der Waals surface area contributed by atoms with Crippen LogP contribution in [0.4, 0.5) is 11.4 Å². The zero-order chi connectivity index (χ0) is 17.4. The van der Waals surface area contributed by atoms with E-state index in [-0.39, 0.29) is 11.8 Å². The Labute approximate surface area is 142 Å². The zero-order valence-corrected chi connectivity index (χ0v) is 14.1. The van der Waals surface area contributed by atoms with Gasteiger partial charge in [0.2, 0.25) is 11.8 Å². The highest BCUT2D eigenvalue weighted by Gasteiger charge is 2.06. The normalized spacial score (nSPS) is 10.5. The van der Waals surface area contributed by atoms with Gasteiger partial charge in [0, 0.05) is 37.8 Å². The lowest BCUT2D eigenvalue weighted by Crippen LogP contribution is -2.24. The summed E-state index contributed by atoms with van der Waals surface area (Å²) in [6, 6.07) is 17.3. The van der Waals surface area contributed by atoms with Gasteiger partial charge in [-0.2, -0.15) is 0 Å². The third-order valence-electron chi connectivity index (χ3n) is 3.50. The van der Waals surface area contributed by atoms with E-state index >= 15 is 0 Å². The molecular weight excluding hydrogens is 302 g/mol. The molecule has 2 rings (SSSR count). The molecular formula is C19H23N3O2. The van der Waals surface area contributed by atoms with E-state index in [1.807, 2.05) is 25.2 Å². The SMILES string of the molecule is CC(=O)Nc1ccc(NC(=O)CCN(C)Cc2ccccc2)cc1. The highest BCUT2D eigenvalue weighted by Crippen LogP contribution is 2.13. The zero-order valence-electron chi connectivity index (χ0n) is 14.1. The van der Waals surface area contributed by atoms with E-state index in [9.17, 15) is 9.59 Å². The number of hydrogen-bond donors (Lipinski definition) is 2. The fraction of sp³-hybridized carbons (Fsp3) is 0.263. The van der Waals surface area contributed by atoms with Crippen LogP contribution in [-0.4, -0.2) is 30.3 Å². The summed E-state index contributed by atoms with van der Waals surface area (Å²) in [5.41, 5.74) is 2.66. The van der Waals surface area contributed by atoms with Gasteiger partial charge in [0.25, 0.3) is 0 Å². The van der Waals surface area contributed by atoms with Crippen molar-refractivity contribution in [1.82, 2.24) is 4.90 Å². The second kappa shape index (κ2) is 8.84. The first-order valence-electron chi connectivity index (χ1n) is 7.93. The lowest BCUT2D eigenvalue weighted by atomic mass is 10.2. The molecule has 0 aliphatic heterocycles. The van der Waals surface area contributed by atoms with Gasteiger partial charge in [-0.15, -0.1) is 0 Å². The third kappa shape index (κ3) is 6.22. The van der Waals surface area contributed by atoms with Crippen LogP contribution in [0, 0.1) is 0 Å². The number of anilines is 2. The Bertz CT molecular complexity index is 669. The Morgan fingerprint density at radius 1 is 0.917 bits per heavy atom. The monoisotopic (exact) mass is 325 g/mol. The largest absolute Gasteiger partial charge is 0.326 e. The van der Waals surface area contributed by atoms with Gasteiger partial charge < -0.3 is 15.5 Å². The average molecular weight is 325 g/mol. The van der Waals surface area contributed by atoms with Crippen LogP contribution in [0.1, 0.15) is 18.9 Å². The van der Waals surface area contributed by atoms with Gasteiger partial charge in [0.15, 0.2) is 0 Å². The number of amides is 2. The molecule has 0 saturated carbocycles. The Hall–Kier alpha value is -2.66. The summed E-state index contributed by atoms with van der Waals surface area (Å²) in [6.45, 7) is 2.96. The maximum absolute atomic E-state index is 12.0. The smallest absolute Gasteiger partial charge is 0.225 e. The molecule has 5 heteroatoms. The first kappa shape index (κ1) is 17.7. The first-order valence-corrected chi connectivity index (χ1v) is 7.93. The van der Waals surface area contributed by atoms with Crippen LogP contribution in [-0.2, 0) is 16.1 Å². The number of nitrogens with one attached hydrogen (secondary N) is 2. The Morgan fingerprint density at radius 2 is 1.50 bits per heavy atom. The molecule has 2 N–H and O–H groups in total. The molecule has 0 bridgehead atoms. The predicted molar refractivity (Wildman–Crippen MR) is 96.8 cm³/mol. The van der Waals surface area contributed by atoms with Crippen molar-refractivity contribution < 1.29 is 9.59 Å². The van der Waals surface area contributed by atoms with Gasteiger partial charge >= 0.3 is 0 Å². The van der Waals surface area contributed by atoms with E-state index in [2.05, 4.69) is 27.7 Å². The molecule has 0 aliphatic carbocycles. The minimum atomic E-state index is -0.117. The summed E-state index contributed by atoms with van der Waals surface area (Å²) in [7, 11) is 2.00. The van der Waals surface area contributed by atoms with Crippen molar-refractivity contribution >= 4 is 23.2 Å². The Kier molecular flexibility index (Phi) is 6.51. The minimum Gasteiger partial charge on any atom is -0.326 e. The number of carbonyl (C=O) groups is 2. The molecule has 126 valence electrons. The van der Waals surface area contributed by atoms with Gasteiger partial charge in [-0.25, -0.2) is 0 Å². The van der Waals surface area contributed by atoms with Crippen LogP contribution in [0.3, 0.4) is 0 Å². The molecule has 0 unspecified atom stereocenters. The van der Waals surface area contributed by atoms with E-state index in [1.54, 1.807) is 24.3 Å². The molecule has 0 radical (unpaired) electrons. The second-order valence-corrected chi connectivity index (χ2v) is 5.78. The number of carbonyl (C=O) groups excluding carboxylic acids is 2. The van der Waals surface area contributed by atoms with Crippen molar-refractivity contribution in [3.8, 4) is 0 Å². The molecule has 0 aromatic heterocycles. The lowest BCUT2D eigenvalue weighted by Gasteiger charge is -2.16. The first-order chi connectivity index (χ1) is 11.5. The number of nitrogens with zero attached hydrogens (tertiary/aromatic N) is 1. The second-order valence-electron chi connectivity index (χ2n) is 5.78. The van der Waals surface area contributed by atoms with Crippen LogP contribution >= 0.6 is 0 Å². The molecule has 0 fully saturated rings. The highest BCUT2D eigenvalue weighted by molar-refractivity contribution is 5.92. The minimum absolute atomic E-state index is 0.0258. The quantitative estimate of drug-likeness (QED) is 0.822. The van der Waals surface area contributed by atoms with Crippen molar-refractivity contribution in [2.45, 2.75) is 19.9 Å². The number of benzene rings is 2. The molecule has 2 aromatic carbocycles. The van der Waals surface area contributed by atoms with Crippen LogP contribution < -0.4 is 10.6 Å². The highest BCUT2D eigenvalue weighted by atomic mass is 16.2. The predicted octanol–water partition coefficient (Wildman–Crippen LogP) is 3.11. The van der Waals surface area contributed by atoms with E-state index in [0.29, 0.717) is 18.7 Å². The lowest BCUT2D eigenvalue weighted by molar-refractivity contribution is -0.116. The number of hydrogen-bond acceptors (Lipinski definition) is 3. The van der Waals surface area contributed by atoms with Gasteiger partial charge in [-0.3, -0.25) is 9.59 Å². The summed E-state index contributed by atoms with van der Waals surface area (Å²) in [4.78, 5) is 25.1. The maximum Gasteiger partial charge on any atom is 0.225 e. The molecule has 0 saturated heterocycles. The van der Waals surface area contributed by atoms with Crippen molar-refractivity contribution in [3.05, 3.63) is 60.2 Å². The molecule has 0 atom stereocenters. The molecule has 0 spiro atoms. The summed E-state index contributed by atoms with van der Waals surface area (Å²) >= 11 is 0. The topological polar surface area (TPSA) is 61.4 Å². The third-order valence-corrected chi connectivity index (χ3v) is 3.50. The standard InChI is InChI=1S/C19H23N3O2/c1-15(23)20-17-8-10-18(11-9-17)21-19(24)12-13-22(2)14-16-6-4-3-5-7-16/h3-11H,12-14H2,1-2H3,(H,20,23)(H,21,24). The van der Waals surface area contributed by atoms with Crippen molar-refractivity contribution in [3.63, 3.8) is 0 Å². The molecule has 24 heavy (non-hydrogen) atoms. The fourth-order valence-corrected chi connectivity index (χ4v) is 2.33. The maximum atomic E-state index is 12.0. The van der Waals surface area contributed by atoms with Crippen molar-refractivity contribution in [2.24, 2.45) is 0 Å². The summed E-state index contributed by atoms with van der Waals surface area (Å²) < 4.78 is 0. The molecule has 0 aliphatic rings.